The van der Waals surface area contributed by atoms with Gasteiger partial charge in [0.15, 0.2) is 0 Å². The van der Waals surface area contributed by atoms with E-state index in [0.29, 0.717) is 18.3 Å². The van der Waals surface area contributed by atoms with E-state index < -0.39 is 28.8 Å². The minimum atomic E-state index is -0.670. The first kappa shape index (κ1) is 21.8. The van der Waals surface area contributed by atoms with Crippen LogP contribution in [0, 0.1) is 28.6 Å². The maximum atomic E-state index is 12.1. The van der Waals surface area contributed by atoms with Gasteiger partial charge in [-0.2, -0.15) is 0 Å². The highest BCUT2D eigenvalue weighted by atomic mass is 16.7. The Labute approximate surface area is 193 Å². The molecule has 2 N–H and O–H groups in total. The van der Waals surface area contributed by atoms with Gasteiger partial charge in [0.05, 0.1) is 18.5 Å². The second kappa shape index (κ2) is 6.92. The van der Waals surface area contributed by atoms with E-state index in [4.69, 9.17) is 13.9 Å². The molecular weight excluding hydrogens is 424 g/mol. The van der Waals surface area contributed by atoms with Gasteiger partial charge in [0.1, 0.15) is 17.8 Å². The largest absolute Gasteiger partial charge is 0.459 e. The number of carbonyl (C=O) groups is 1. The Morgan fingerprint density at radius 3 is 2.61 bits per heavy atom. The minimum Gasteiger partial charge on any atom is -0.459 e. The molecule has 4 aliphatic carbocycles. The number of carbonyl (C=O) groups excluding carboxylic acids is 1. The molecule has 0 unspecified atom stereocenters. The van der Waals surface area contributed by atoms with E-state index in [1.54, 1.807) is 6.07 Å². The molecule has 1 spiro atoms. The van der Waals surface area contributed by atoms with E-state index >= 15 is 0 Å². The van der Waals surface area contributed by atoms with Gasteiger partial charge in [-0.25, -0.2) is 4.79 Å². The van der Waals surface area contributed by atoms with E-state index in [2.05, 4.69) is 13.8 Å². The van der Waals surface area contributed by atoms with E-state index in [0.717, 1.165) is 37.7 Å². The van der Waals surface area contributed by atoms with Crippen LogP contribution in [0.2, 0.25) is 0 Å². The van der Waals surface area contributed by atoms with Crippen LogP contribution in [0.25, 0.3) is 0 Å². The molecule has 33 heavy (non-hydrogen) atoms. The van der Waals surface area contributed by atoms with Crippen LogP contribution in [0.3, 0.4) is 0 Å². The summed E-state index contributed by atoms with van der Waals surface area (Å²) in [7, 11) is 0. The van der Waals surface area contributed by atoms with Crippen molar-refractivity contribution in [3.8, 4) is 0 Å². The van der Waals surface area contributed by atoms with Crippen molar-refractivity contribution >= 4 is 5.97 Å². The van der Waals surface area contributed by atoms with Crippen LogP contribution in [0.1, 0.15) is 70.8 Å². The average Bonchev–Trinajstić information content (AvgIpc) is 3.46. The molecule has 1 aromatic heterocycles. The van der Waals surface area contributed by atoms with E-state index in [1.165, 1.54) is 19.3 Å². The second-order valence-corrected chi connectivity index (χ2v) is 11.7. The summed E-state index contributed by atoms with van der Waals surface area (Å²) in [6.07, 6.45) is 5.07. The number of epoxide rings is 1. The van der Waals surface area contributed by atoms with Crippen LogP contribution in [0.5, 0.6) is 0 Å². The zero-order chi connectivity index (χ0) is 23.3. The summed E-state index contributed by atoms with van der Waals surface area (Å²) in [6, 6.07) is 3.12. The smallest absolute Gasteiger partial charge is 0.335 e. The summed E-state index contributed by atoms with van der Waals surface area (Å²) >= 11 is 0. The third kappa shape index (κ3) is 2.67. The predicted molar refractivity (Wildman–Crippen MR) is 117 cm³/mol. The fraction of sp³-hybridized carbons (Fsp3) is 0.769. The van der Waals surface area contributed by atoms with Crippen molar-refractivity contribution in [3.63, 3.8) is 0 Å². The first-order valence-corrected chi connectivity index (χ1v) is 12.4. The highest BCUT2D eigenvalue weighted by Gasteiger charge is 2.86. The third-order valence-corrected chi connectivity index (χ3v) is 10.6. The molecule has 0 radical (unpaired) electrons. The van der Waals surface area contributed by atoms with Crippen LogP contribution in [-0.4, -0.2) is 46.2 Å². The van der Waals surface area contributed by atoms with Crippen LogP contribution < -0.4 is 5.63 Å². The zero-order valence-electron chi connectivity index (χ0n) is 19.5. The zero-order valence-corrected chi connectivity index (χ0v) is 19.5. The van der Waals surface area contributed by atoms with Crippen LogP contribution in [-0.2, 0) is 14.3 Å². The van der Waals surface area contributed by atoms with Gasteiger partial charge in [0.25, 0.3) is 0 Å². The molecule has 1 saturated heterocycles. The lowest BCUT2D eigenvalue weighted by Gasteiger charge is -2.62. The maximum absolute atomic E-state index is 12.1. The topological polar surface area (TPSA) is 110 Å². The average molecular weight is 459 g/mol. The number of hydrogen-bond donors (Lipinski definition) is 2. The third-order valence-electron chi connectivity index (χ3n) is 10.6. The highest BCUT2D eigenvalue weighted by molar-refractivity contribution is 5.67. The lowest BCUT2D eigenvalue weighted by Crippen LogP contribution is -2.63. The number of esters is 1. The molecule has 1 aromatic rings. The molecule has 1 aliphatic heterocycles. The summed E-state index contributed by atoms with van der Waals surface area (Å²) in [4.78, 5) is 23.7. The van der Waals surface area contributed by atoms with Gasteiger partial charge >= 0.3 is 11.6 Å². The van der Waals surface area contributed by atoms with E-state index in [9.17, 15) is 19.8 Å². The lowest BCUT2D eigenvalue weighted by molar-refractivity contribution is -0.190. The predicted octanol–water partition coefficient (Wildman–Crippen LogP) is 2.77. The SMILES string of the molecule is CC(=O)O[C@H]1[C@H]2O[C@]23[C@@H]2CC[C@@H]4C[C@@H](O)CC[C@]4(C)[C@H]2C[C@H](O)[C@]3(C)[C@H]1c1ccc(=O)oc1. The fourth-order valence-electron chi connectivity index (χ4n) is 9.06. The van der Waals surface area contributed by atoms with Crippen molar-refractivity contribution in [2.45, 2.75) is 95.2 Å². The molecule has 5 fully saturated rings. The second-order valence-electron chi connectivity index (χ2n) is 11.7. The molecule has 180 valence electrons. The molecular formula is C26H34O7. The summed E-state index contributed by atoms with van der Waals surface area (Å²) in [5, 5.41) is 22.1. The van der Waals surface area contributed by atoms with E-state index in [1.807, 2.05) is 0 Å². The van der Waals surface area contributed by atoms with Crippen molar-refractivity contribution in [2.24, 2.45) is 28.6 Å². The molecule has 5 aliphatic rings. The van der Waals surface area contributed by atoms with Crippen molar-refractivity contribution in [1.29, 1.82) is 0 Å². The van der Waals surface area contributed by atoms with Crippen LogP contribution in [0.15, 0.2) is 27.6 Å². The summed E-state index contributed by atoms with van der Waals surface area (Å²) in [5.74, 6) is 0.309. The van der Waals surface area contributed by atoms with E-state index in [-0.39, 0.29) is 35.4 Å². The number of ether oxygens (including phenoxy) is 2. The number of aliphatic hydroxyl groups is 2. The van der Waals surface area contributed by atoms with Crippen molar-refractivity contribution in [3.05, 3.63) is 34.4 Å². The Morgan fingerprint density at radius 1 is 1.12 bits per heavy atom. The van der Waals surface area contributed by atoms with Gasteiger partial charge in [0.2, 0.25) is 0 Å². The number of rotatable bonds is 2. The fourth-order valence-corrected chi connectivity index (χ4v) is 9.06. The van der Waals surface area contributed by atoms with Gasteiger partial charge in [-0.15, -0.1) is 0 Å². The maximum Gasteiger partial charge on any atom is 0.335 e. The molecule has 6 rings (SSSR count). The summed E-state index contributed by atoms with van der Waals surface area (Å²) < 4.78 is 17.6. The Kier molecular flexibility index (Phi) is 4.57. The van der Waals surface area contributed by atoms with Gasteiger partial charge in [0, 0.05) is 24.3 Å². The number of hydrogen-bond acceptors (Lipinski definition) is 7. The van der Waals surface area contributed by atoms with Crippen molar-refractivity contribution in [2.75, 3.05) is 0 Å². The van der Waals surface area contributed by atoms with Gasteiger partial charge in [-0.05, 0) is 73.3 Å². The van der Waals surface area contributed by atoms with Crippen molar-refractivity contribution in [1.82, 2.24) is 0 Å². The quantitative estimate of drug-likeness (QED) is 0.518. The Balaban J connectivity index is 1.44. The first-order chi connectivity index (χ1) is 15.6. The Hall–Kier alpha value is -1.70. The molecule has 4 saturated carbocycles. The Morgan fingerprint density at radius 2 is 1.91 bits per heavy atom. The highest BCUT2D eigenvalue weighted by Crippen LogP contribution is 2.78. The van der Waals surface area contributed by atoms with Crippen molar-refractivity contribution < 1.29 is 28.9 Å². The molecule has 7 heteroatoms. The number of fused-ring (bicyclic) bond motifs is 3. The minimum absolute atomic E-state index is 0.0598. The Bertz CT molecular complexity index is 1020. The molecule has 0 bridgehead atoms. The van der Waals surface area contributed by atoms with Crippen LogP contribution >= 0.6 is 0 Å². The van der Waals surface area contributed by atoms with Gasteiger partial charge in [-0.1, -0.05) is 13.8 Å². The van der Waals surface area contributed by atoms with Gasteiger partial charge < -0.3 is 24.1 Å². The number of aliphatic hydroxyl groups excluding tert-OH is 2. The molecule has 2 heterocycles. The lowest BCUT2D eigenvalue weighted by atomic mass is 9.43. The summed E-state index contributed by atoms with van der Waals surface area (Å²) in [6.45, 7) is 5.83. The molecule has 11 atom stereocenters. The summed E-state index contributed by atoms with van der Waals surface area (Å²) in [5.41, 5.74) is -0.852. The molecule has 0 amide bonds. The molecule has 0 aromatic carbocycles. The normalized spacial score (nSPS) is 52.2. The first-order valence-electron chi connectivity index (χ1n) is 12.4. The molecule has 7 nitrogen and oxygen atoms in total. The monoisotopic (exact) mass is 458 g/mol. The standard InChI is InChI=1S/C26H34O7/c1-13(27)32-22-21(14-4-7-20(30)31-12-14)25(3)19(29)11-18-17(26(25)23(22)33-26)6-5-15-10-16(28)8-9-24(15,18)2/h4,7,12,15-19,21-23,28-29H,5-6,8-11H2,1-3H3/t15-,16+,17-,18+,19+,21+,22-,23-,24+,25-,26-/m1/s1. The van der Waals surface area contributed by atoms with Gasteiger partial charge in [-0.3, -0.25) is 4.79 Å². The van der Waals surface area contributed by atoms with Crippen LogP contribution in [0.4, 0.5) is 0 Å².